The molecular weight excluding hydrogens is 328 g/mol. The number of piperidine rings is 1. The van der Waals surface area contributed by atoms with Crippen LogP contribution in [0.2, 0.25) is 0 Å². The summed E-state index contributed by atoms with van der Waals surface area (Å²) in [7, 11) is 0. The molecule has 3 rings (SSSR count). The Kier molecular flexibility index (Phi) is 6.50. The Bertz CT molecular complexity index is 621. The lowest BCUT2D eigenvalue weighted by Gasteiger charge is -2.31. The van der Waals surface area contributed by atoms with Crippen LogP contribution in [-0.4, -0.2) is 44.3 Å². The highest BCUT2D eigenvalue weighted by Gasteiger charge is 2.21. The Labute approximate surface area is 149 Å². The lowest BCUT2D eigenvalue weighted by molar-refractivity contribution is 0.224. The van der Waals surface area contributed by atoms with Gasteiger partial charge in [0.25, 0.3) is 0 Å². The van der Waals surface area contributed by atoms with Crippen LogP contribution in [0.5, 0.6) is 0 Å². The molecule has 0 N–H and O–H groups in total. The van der Waals surface area contributed by atoms with Crippen LogP contribution >= 0.6 is 24.2 Å². The minimum absolute atomic E-state index is 0. The van der Waals surface area contributed by atoms with Crippen molar-refractivity contribution in [1.82, 2.24) is 19.7 Å². The number of aryl methyl sites for hydroxylation is 1. The van der Waals surface area contributed by atoms with Gasteiger partial charge in [0.15, 0.2) is 5.82 Å². The maximum atomic E-state index is 4.70. The molecule has 1 aliphatic heterocycles. The fourth-order valence-electron chi connectivity index (χ4n) is 3.13. The Morgan fingerprint density at radius 2 is 1.96 bits per heavy atom. The topological polar surface area (TPSA) is 34.0 Å². The second-order valence-corrected chi connectivity index (χ2v) is 7.10. The van der Waals surface area contributed by atoms with Gasteiger partial charge in [-0.25, -0.2) is 9.67 Å². The quantitative estimate of drug-likeness (QED) is 0.841. The average molecular weight is 353 g/mol. The molecule has 1 fully saturated rings. The Morgan fingerprint density at radius 3 is 2.57 bits per heavy atom. The predicted octanol–water partition coefficient (Wildman–Crippen LogP) is 3.63. The molecule has 1 aliphatic rings. The number of halogens is 1. The number of aromatic nitrogens is 3. The van der Waals surface area contributed by atoms with E-state index in [0.29, 0.717) is 0 Å². The van der Waals surface area contributed by atoms with Crippen LogP contribution in [0.4, 0.5) is 0 Å². The summed E-state index contributed by atoms with van der Waals surface area (Å²) in [6.45, 7) is 7.65. The van der Waals surface area contributed by atoms with Crippen LogP contribution < -0.4 is 0 Å². The maximum Gasteiger partial charge on any atom is 0.153 e. The van der Waals surface area contributed by atoms with Crippen LogP contribution in [0, 0.1) is 13.8 Å². The predicted molar refractivity (Wildman–Crippen MR) is 99.9 cm³/mol. The average Bonchev–Trinajstić information content (AvgIpc) is 2.84. The fraction of sp³-hybridized carbons (Fsp3) is 0.529. The number of hydrogen-bond donors (Lipinski definition) is 0. The zero-order valence-electron chi connectivity index (χ0n) is 14.0. The van der Waals surface area contributed by atoms with Crippen LogP contribution in [-0.2, 0) is 6.54 Å². The molecule has 126 valence electrons. The Balaban J connectivity index is 0.00000192. The zero-order chi connectivity index (χ0) is 15.5. The minimum atomic E-state index is 0. The Morgan fingerprint density at radius 1 is 1.22 bits per heavy atom. The van der Waals surface area contributed by atoms with Crippen molar-refractivity contribution in [2.75, 3.05) is 19.3 Å². The lowest BCUT2D eigenvalue weighted by Crippen LogP contribution is -2.34. The second-order valence-electron chi connectivity index (χ2n) is 5.96. The highest BCUT2D eigenvalue weighted by Crippen LogP contribution is 2.24. The summed E-state index contributed by atoms with van der Waals surface area (Å²) in [6, 6.07) is 5.95. The van der Waals surface area contributed by atoms with E-state index >= 15 is 0 Å². The molecule has 6 heteroatoms. The number of likely N-dealkylation sites (tertiary alicyclic amines) is 1. The van der Waals surface area contributed by atoms with Gasteiger partial charge in [-0.1, -0.05) is 6.07 Å². The van der Waals surface area contributed by atoms with E-state index in [2.05, 4.69) is 30.0 Å². The molecule has 0 unspecified atom stereocenters. The second kappa shape index (κ2) is 8.18. The van der Waals surface area contributed by atoms with E-state index in [0.717, 1.165) is 23.3 Å². The number of nitrogens with zero attached hydrogens (tertiary/aromatic N) is 4. The van der Waals surface area contributed by atoms with Crippen LogP contribution in [0.3, 0.4) is 0 Å². The molecule has 0 aliphatic carbocycles. The van der Waals surface area contributed by atoms with Crippen LogP contribution in [0.1, 0.15) is 29.8 Å². The molecule has 0 atom stereocenters. The maximum absolute atomic E-state index is 4.70. The van der Waals surface area contributed by atoms with E-state index in [4.69, 9.17) is 5.10 Å². The third kappa shape index (κ3) is 4.08. The summed E-state index contributed by atoms with van der Waals surface area (Å²) in [6.07, 6.45) is 6.64. The van der Waals surface area contributed by atoms with Crippen molar-refractivity contribution in [2.24, 2.45) is 0 Å². The minimum Gasteiger partial charge on any atom is -0.299 e. The van der Waals surface area contributed by atoms with Crippen molar-refractivity contribution < 1.29 is 0 Å². The van der Waals surface area contributed by atoms with Gasteiger partial charge in [-0.05, 0) is 58.2 Å². The van der Waals surface area contributed by atoms with Crippen molar-refractivity contribution in [3.63, 3.8) is 0 Å². The molecule has 0 aromatic carbocycles. The normalized spacial score (nSPS) is 16.3. The van der Waals surface area contributed by atoms with Gasteiger partial charge >= 0.3 is 0 Å². The van der Waals surface area contributed by atoms with Crippen molar-refractivity contribution in [1.29, 1.82) is 0 Å². The molecular formula is C17H25ClN4S. The van der Waals surface area contributed by atoms with Gasteiger partial charge in [-0.2, -0.15) is 16.9 Å². The van der Waals surface area contributed by atoms with E-state index in [1.807, 2.05) is 40.8 Å². The molecule has 0 saturated carbocycles. The molecule has 0 bridgehead atoms. The third-order valence-corrected chi connectivity index (χ3v) is 5.70. The van der Waals surface area contributed by atoms with Gasteiger partial charge in [0, 0.05) is 29.2 Å². The molecule has 1 saturated heterocycles. The highest BCUT2D eigenvalue weighted by atomic mass is 35.5. The van der Waals surface area contributed by atoms with E-state index in [9.17, 15) is 0 Å². The van der Waals surface area contributed by atoms with Gasteiger partial charge in [-0.3, -0.25) is 4.90 Å². The number of thioether (sulfide) groups is 1. The van der Waals surface area contributed by atoms with Gasteiger partial charge in [0.2, 0.25) is 0 Å². The number of pyridine rings is 1. The largest absolute Gasteiger partial charge is 0.299 e. The number of hydrogen-bond acceptors (Lipinski definition) is 4. The van der Waals surface area contributed by atoms with Crippen molar-refractivity contribution in [3.8, 4) is 5.82 Å². The smallest absolute Gasteiger partial charge is 0.153 e. The molecule has 2 aromatic rings. The summed E-state index contributed by atoms with van der Waals surface area (Å²) >= 11 is 2.01. The van der Waals surface area contributed by atoms with Crippen molar-refractivity contribution in [3.05, 3.63) is 41.3 Å². The van der Waals surface area contributed by atoms with Gasteiger partial charge in [-0.15, -0.1) is 12.4 Å². The molecule has 0 radical (unpaired) electrons. The van der Waals surface area contributed by atoms with Gasteiger partial charge in [0.05, 0.1) is 5.69 Å². The fourth-order valence-corrected chi connectivity index (χ4v) is 3.81. The molecule has 0 spiro atoms. The van der Waals surface area contributed by atoms with Gasteiger partial charge < -0.3 is 0 Å². The standard InChI is InChI=1S/C17H24N4S.ClH/c1-13-16(12-20-10-7-15(22-3)8-11-20)14(2)21(19-13)17-6-4-5-9-18-17;/h4-6,9,15H,7-8,10-12H2,1-3H3;1H. The highest BCUT2D eigenvalue weighted by molar-refractivity contribution is 7.99. The molecule has 23 heavy (non-hydrogen) atoms. The van der Waals surface area contributed by atoms with Crippen LogP contribution in [0.25, 0.3) is 5.82 Å². The summed E-state index contributed by atoms with van der Waals surface area (Å²) in [5, 5.41) is 5.54. The first kappa shape index (κ1) is 18.3. The summed E-state index contributed by atoms with van der Waals surface area (Å²) in [5.41, 5.74) is 3.69. The van der Waals surface area contributed by atoms with Crippen LogP contribution in [0.15, 0.2) is 24.4 Å². The first-order valence-corrected chi connectivity index (χ1v) is 9.19. The summed E-state index contributed by atoms with van der Waals surface area (Å²) in [4.78, 5) is 6.98. The monoisotopic (exact) mass is 352 g/mol. The van der Waals surface area contributed by atoms with Crippen molar-refractivity contribution in [2.45, 2.75) is 38.5 Å². The van der Waals surface area contributed by atoms with Crippen molar-refractivity contribution >= 4 is 24.2 Å². The Hall–Kier alpha value is -1.04. The first-order valence-electron chi connectivity index (χ1n) is 7.90. The van der Waals surface area contributed by atoms with E-state index in [1.165, 1.54) is 37.2 Å². The molecule has 3 heterocycles. The lowest BCUT2D eigenvalue weighted by atomic mass is 10.1. The van der Waals surface area contributed by atoms with E-state index in [1.54, 1.807) is 0 Å². The molecule has 0 amide bonds. The zero-order valence-corrected chi connectivity index (χ0v) is 15.7. The van der Waals surface area contributed by atoms with E-state index in [-0.39, 0.29) is 12.4 Å². The summed E-state index contributed by atoms with van der Waals surface area (Å²) < 4.78 is 1.97. The summed E-state index contributed by atoms with van der Waals surface area (Å²) in [5.74, 6) is 0.899. The van der Waals surface area contributed by atoms with Gasteiger partial charge in [0.1, 0.15) is 0 Å². The first-order chi connectivity index (χ1) is 10.7. The SMILES string of the molecule is CSC1CCN(Cc2c(C)nn(-c3ccccn3)c2C)CC1.Cl. The third-order valence-electron chi connectivity index (χ3n) is 4.56. The number of rotatable bonds is 4. The molecule has 2 aromatic heterocycles. The van der Waals surface area contributed by atoms with E-state index < -0.39 is 0 Å². The molecule has 4 nitrogen and oxygen atoms in total.